The topological polar surface area (TPSA) is 112 Å². The lowest BCUT2D eigenvalue weighted by Gasteiger charge is -2.35. The fraction of sp³-hybridized carbons (Fsp3) is 0.350. The van der Waals surface area contributed by atoms with E-state index in [4.69, 9.17) is 9.47 Å². The van der Waals surface area contributed by atoms with Gasteiger partial charge in [0.1, 0.15) is 5.75 Å². The smallest absolute Gasteiger partial charge is 0.270 e. The van der Waals surface area contributed by atoms with Gasteiger partial charge in [0.2, 0.25) is 5.95 Å². The summed E-state index contributed by atoms with van der Waals surface area (Å²) in [6.07, 6.45) is 0. The number of tetrazole rings is 1. The molecule has 31 heavy (non-hydrogen) atoms. The van der Waals surface area contributed by atoms with Crippen LogP contribution in [0.15, 0.2) is 42.5 Å². The minimum absolute atomic E-state index is 0.0588. The number of non-ortho nitro benzene ring substituents is 1. The first-order valence-electron chi connectivity index (χ1n) is 10.0. The Labute approximate surface area is 177 Å². The van der Waals surface area contributed by atoms with Gasteiger partial charge in [-0.1, -0.05) is 23.3 Å². The molecule has 0 radical (unpaired) electrons. The summed E-state index contributed by atoms with van der Waals surface area (Å²) in [5.74, 6) is 1.41. The minimum Gasteiger partial charge on any atom is -0.467 e. The molecule has 2 aromatic carbocycles. The number of aromatic nitrogens is 4. The van der Waals surface area contributed by atoms with E-state index in [1.807, 2.05) is 30.3 Å². The van der Waals surface area contributed by atoms with Crippen molar-refractivity contribution >= 4 is 11.6 Å². The molecule has 11 heteroatoms. The first-order chi connectivity index (χ1) is 15.2. The standard InChI is InChI=1S/C20H21N7O4/c28-27(29)18-10-15(19-16(11-18)13-30-14-31-19)12-24-6-8-25(9-7-24)20-21-22-23-26(20)17-4-2-1-3-5-17/h1-5,10-11H,6-9,12-14H2. The Hall–Kier alpha value is -3.57. The monoisotopic (exact) mass is 423 g/mol. The van der Waals surface area contributed by atoms with Crippen LogP contribution in [-0.4, -0.2) is 63.0 Å². The maximum atomic E-state index is 11.3. The molecule has 5 rings (SSSR count). The van der Waals surface area contributed by atoms with E-state index in [0.717, 1.165) is 43.0 Å². The van der Waals surface area contributed by atoms with Gasteiger partial charge in [-0.25, -0.2) is 0 Å². The largest absolute Gasteiger partial charge is 0.467 e. The fourth-order valence-electron chi connectivity index (χ4n) is 3.97. The average Bonchev–Trinajstić information content (AvgIpc) is 3.30. The molecule has 3 aromatic rings. The van der Waals surface area contributed by atoms with Crippen molar-refractivity contribution in [3.8, 4) is 11.4 Å². The Morgan fingerprint density at radius 3 is 2.68 bits per heavy atom. The van der Waals surface area contributed by atoms with Crippen LogP contribution in [0.25, 0.3) is 5.69 Å². The van der Waals surface area contributed by atoms with Gasteiger partial charge in [-0.3, -0.25) is 15.0 Å². The third kappa shape index (κ3) is 3.92. The maximum absolute atomic E-state index is 11.3. The summed E-state index contributed by atoms with van der Waals surface area (Å²) in [5, 5.41) is 23.5. The summed E-state index contributed by atoms with van der Waals surface area (Å²) in [7, 11) is 0. The van der Waals surface area contributed by atoms with E-state index in [9.17, 15) is 10.1 Å². The molecule has 0 spiro atoms. The van der Waals surface area contributed by atoms with E-state index in [-0.39, 0.29) is 17.4 Å². The molecule has 3 heterocycles. The molecule has 0 unspecified atom stereocenters. The van der Waals surface area contributed by atoms with E-state index in [1.165, 1.54) is 6.07 Å². The van der Waals surface area contributed by atoms with Crippen molar-refractivity contribution in [1.82, 2.24) is 25.1 Å². The first kappa shape index (κ1) is 19.4. The second-order valence-electron chi connectivity index (χ2n) is 7.45. The zero-order chi connectivity index (χ0) is 21.2. The number of nitro groups is 1. The first-order valence-corrected chi connectivity index (χ1v) is 10.0. The van der Waals surface area contributed by atoms with Gasteiger partial charge >= 0.3 is 0 Å². The highest BCUT2D eigenvalue weighted by molar-refractivity contribution is 5.50. The number of nitrogens with zero attached hydrogens (tertiary/aromatic N) is 7. The van der Waals surface area contributed by atoms with Crippen molar-refractivity contribution in [3.05, 3.63) is 63.7 Å². The van der Waals surface area contributed by atoms with E-state index < -0.39 is 0 Å². The number of fused-ring (bicyclic) bond motifs is 1. The van der Waals surface area contributed by atoms with Crippen molar-refractivity contribution in [2.75, 3.05) is 37.9 Å². The second kappa shape index (κ2) is 8.28. The van der Waals surface area contributed by atoms with Gasteiger partial charge in [0.25, 0.3) is 5.69 Å². The number of piperazine rings is 1. The molecule has 11 nitrogen and oxygen atoms in total. The number of nitro benzene ring substituents is 1. The number of benzene rings is 2. The average molecular weight is 423 g/mol. The number of para-hydroxylation sites is 1. The van der Waals surface area contributed by atoms with Crippen molar-refractivity contribution < 1.29 is 14.4 Å². The van der Waals surface area contributed by atoms with Crippen molar-refractivity contribution in [1.29, 1.82) is 0 Å². The molecule has 0 atom stereocenters. The van der Waals surface area contributed by atoms with Crippen LogP contribution in [0.5, 0.6) is 5.75 Å². The Morgan fingerprint density at radius 2 is 1.90 bits per heavy atom. The van der Waals surface area contributed by atoms with Gasteiger partial charge < -0.3 is 14.4 Å². The van der Waals surface area contributed by atoms with E-state index in [1.54, 1.807) is 10.7 Å². The molecule has 1 aromatic heterocycles. The number of anilines is 1. The van der Waals surface area contributed by atoms with E-state index >= 15 is 0 Å². The molecular weight excluding hydrogens is 402 g/mol. The fourth-order valence-corrected chi connectivity index (χ4v) is 3.97. The number of hydrogen-bond acceptors (Lipinski definition) is 9. The molecule has 2 aliphatic rings. The van der Waals surface area contributed by atoms with Crippen molar-refractivity contribution in [3.63, 3.8) is 0 Å². The van der Waals surface area contributed by atoms with Crippen molar-refractivity contribution in [2.45, 2.75) is 13.2 Å². The Morgan fingerprint density at radius 1 is 1.10 bits per heavy atom. The zero-order valence-corrected chi connectivity index (χ0v) is 16.8. The maximum Gasteiger partial charge on any atom is 0.270 e. The van der Waals surface area contributed by atoms with Crippen LogP contribution in [-0.2, 0) is 17.9 Å². The Bertz CT molecular complexity index is 1080. The van der Waals surface area contributed by atoms with Crippen molar-refractivity contribution in [2.24, 2.45) is 0 Å². The SMILES string of the molecule is O=[N+]([O-])c1cc2c(c(CN3CCN(c4nnnn4-c4ccccc4)CC3)c1)OCOC2. The summed E-state index contributed by atoms with van der Waals surface area (Å²) < 4.78 is 12.7. The molecular formula is C20H21N7O4. The number of rotatable bonds is 5. The normalized spacial score (nSPS) is 16.6. The molecule has 0 aliphatic carbocycles. The van der Waals surface area contributed by atoms with Crippen LogP contribution in [0.3, 0.4) is 0 Å². The van der Waals surface area contributed by atoms with Gasteiger partial charge in [0.05, 0.1) is 17.2 Å². The van der Waals surface area contributed by atoms with Crippen LogP contribution in [0.4, 0.5) is 11.6 Å². The lowest BCUT2D eigenvalue weighted by molar-refractivity contribution is -0.385. The zero-order valence-electron chi connectivity index (χ0n) is 16.8. The number of ether oxygens (including phenoxy) is 2. The highest BCUT2D eigenvalue weighted by Crippen LogP contribution is 2.33. The van der Waals surface area contributed by atoms with Gasteiger partial charge in [0, 0.05) is 56.0 Å². The third-order valence-corrected chi connectivity index (χ3v) is 5.49. The summed E-state index contributed by atoms with van der Waals surface area (Å²) in [6.45, 7) is 4.09. The van der Waals surface area contributed by atoms with Crippen LogP contribution < -0.4 is 9.64 Å². The van der Waals surface area contributed by atoms with Gasteiger partial charge in [0.15, 0.2) is 6.79 Å². The molecule has 160 valence electrons. The second-order valence-corrected chi connectivity index (χ2v) is 7.45. The number of hydrogen-bond donors (Lipinski definition) is 0. The molecule has 0 bridgehead atoms. The summed E-state index contributed by atoms with van der Waals surface area (Å²) in [6, 6.07) is 12.9. The van der Waals surface area contributed by atoms with E-state index in [0.29, 0.717) is 24.8 Å². The lowest BCUT2D eigenvalue weighted by atomic mass is 10.1. The summed E-state index contributed by atoms with van der Waals surface area (Å²) in [5.41, 5.74) is 2.50. The minimum atomic E-state index is -0.375. The van der Waals surface area contributed by atoms with Gasteiger partial charge in [-0.15, -0.1) is 0 Å². The predicted molar refractivity (Wildman–Crippen MR) is 110 cm³/mol. The molecule has 0 N–H and O–H groups in total. The summed E-state index contributed by atoms with van der Waals surface area (Å²) in [4.78, 5) is 15.4. The molecule has 1 fully saturated rings. The molecule has 0 saturated carbocycles. The molecule has 1 saturated heterocycles. The lowest BCUT2D eigenvalue weighted by Crippen LogP contribution is -2.47. The Kier molecular flexibility index (Phi) is 5.18. The van der Waals surface area contributed by atoms with Crippen LogP contribution in [0.2, 0.25) is 0 Å². The quantitative estimate of drug-likeness (QED) is 0.447. The van der Waals surface area contributed by atoms with E-state index in [2.05, 4.69) is 25.3 Å². The Balaban J connectivity index is 1.30. The van der Waals surface area contributed by atoms with Crippen LogP contribution in [0.1, 0.15) is 11.1 Å². The molecule has 0 amide bonds. The predicted octanol–water partition coefficient (Wildman–Crippen LogP) is 1.76. The van der Waals surface area contributed by atoms with Gasteiger partial charge in [-0.2, -0.15) is 4.68 Å². The third-order valence-electron chi connectivity index (χ3n) is 5.49. The van der Waals surface area contributed by atoms with Crippen LogP contribution in [0, 0.1) is 10.1 Å². The highest BCUT2D eigenvalue weighted by Gasteiger charge is 2.26. The highest BCUT2D eigenvalue weighted by atomic mass is 16.7. The summed E-state index contributed by atoms with van der Waals surface area (Å²) >= 11 is 0. The van der Waals surface area contributed by atoms with Gasteiger partial charge in [-0.05, 0) is 22.6 Å². The molecule has 2 aliphatic heterocycles. The van der Waals surface area contributed by atoms with Crippen LogP contribution >= 0.6 is 0 Å².